The lowest BCUT2D eigenvalue weighted by atomic mass is 9.98. The molecule has 1 rings (SSSR count). The van der Waals surface area contributed by atoms with Gasteiger partial charge in [-0.3, -0.25) is 9.59 Å². The van der Waals surface area contributed by atoms with Crippen LogP contribution < -0.4 is 11.1 Å². The Morgan fingerprint density at radius 3 is 2.30 bits per heavy atom. The predicted octanol–water partition coefficient (Wildman–Crippen LogP) is 4.34. The molecular formula is C23H32N2O2. The molecule has 0 aliphatic rings. The number of likely N-dealkylation sites (N-methyl/N-ethyl adjacent to an activating group) is 1. The number of amides is 1. The highest BCUT2D eigenvalue weighted by Gasteiger charge is 2.07. The molecule has 27 heavy (non-hydrogen) atoms. The molecule has 1 aromatic rings. The van der Waals surface area contributed by atoms with E-state index in [2.05, 4.69) is 55.7 Å². The topological polar surface area (TPSA) is 72.2 Å². The zero-order valence-electron chi connectivity index (χ0n) is 16.8. The Bertz CT molecular complexity index is 683. The molecule has 1 aromatic carbocycles. The lowest BCUT2D eigenvalue weighted by Crippen LogP contribution is -2.10. The number of hydrogen-bond acceptors (Lipinski definition) is 3. The zero-order valence-corrected chi connectivity index (χ0v) is 16.8. The third-order valence-electron chi connectivity index (χ3n) is 3.91. The molecule has 0 aliphatic heterocycles. The molecule has 0 atom stereocenters. The van der Waals surface area contributed by atoms with Gasteiger partial charge in [-0.1, -0.05) is 43.3 Å². The number of nitrogens with two attached hydrogens (primary N) is 1. The van der Waals surface area contributed by atoms with Crippen molar-refractivity contribution in [2.75, 3.05) is 7.05 Å². The molecule has 0 unspecified atom stereocenters. The molecule has 0 saturated heterocycles. The van der Waals surface area contributed by atoms with Gasteiger partial charge in [0.2, 0.25) is 5.91 Å². The van der Waals surface area contributed by atoms with Gasteiger partial charge in [-0.15, -0.1) is 13.2 Å². The maximum Gasteiger partial charge on any atom is 0.217 e. The summed E-state index contributed by atoms with van der Waals surface area (Å²) in [7, 11) is 1.85. The highest BCUT2D eigenvalue weighted by molar-refractivity contribution is 5.80. The number of unbranched alkanes of at least 4 members (excludes halogenated alkanes) is 1. The van der Waals surface area contributed by atoms with Gasteiger partial charge in [0, 0.05) is 24.7 Å². The van der Waals surface area contributed by atoms with Crippen molar-refractivity contribution in [3.8, 4) is 0 Å². The number of hydrogen-bond donors (Lipinski definition) is 2. The van der Waals surface area contributed by atoms with Crippen LogP contribution in [0.2, 0.25) is 0 Å². The fourth-order valence-corrected chi connectivity index (χ4v) is 2.39. The van der Waals surface area contributed by atoms with Gasteiger partial charge < -0.3 is 11.1 Å². The summed E-state index contributed by atoms with van der Waals surface area (Å²) in [5, 5.41) is 3.20. The normalized spacial score (nSPS) is 12.0. The van der Waals surface area contributed by atoms with Crippen LogP contribution in [0.3, 0.4) is 0 Å². The fraction of sp³-hybridized carbons (Fsp3) is 0.304. The first-order valence-electron chi connectivity index (χ1n) is 9.11. The second kappa shape index (κ2) is 14.3. The highest BCUT2D eigenvalue weighted by Crippen LogP contribution is 2.23. The number of nitrogens with one attached hydrogen (secondary N) is 1. The van der Waals surface area contributed by atoms with Gasteiger partial charge in [-0.05, 0) is 49.0 Å². The summed E-state index contributed by atoms with van der Waals surface area (Å²) in [5.74, 6) is -0.281. The number of carbonyl (C=O) groups is 2. The van der Waals surface area contributed by atoms with Gasteiger partial charge in [0.05, 0.1) is 0 Å². The van der Waals surface area contributed by atoms with E-state index in [1.807, 2.05) is 13.1 Å². The average molecular weight is 369 g/mol. The Balaban J connectivity index is 0.00000326. The van der Waals surface area contributed by atoms with Crippen LogP contribution in [-0.2, 0) is 16.0 Å². The van der Waals surface area contributed by atoms with Crippen molar-refractivity contribution in [1.82, 2.24) is 5.32 Å². The molecule has 1 amide bonds. The quantitative estimate of drug-likeness (QED) is 0.212. The maximum atomic E-state index is 10.9. The lowest BCUT2D eigenvalue weighted by Gasteiger charge is -2.13. The molecule has 146 valence electrons. The van der Waals surface area contributed by atoms with Gasteiger partial charge in [0.25, 0.3) is 0 Å². The average Bonchev–Trinajstić information content (AvgIpc) is 2.70. The molecule has 0 saturated carbocycles. The SMILES string of the molecule is C=C.CCc1ccc(C(=C\CCCC(N)=O)/C(=C/C=C(/C)C=O)NC)cc1. The van der Waals surface area contributed by atoms with Crippen LogP contribution in [0.1, 0.15) is 44.2 Å². The van der Waals surface area contributed by atoms with E-state index in [-0.39, 0.29) is 5.91 Å². The Kier molecular flexibility index (Phi) is 12.8. The molecule has 0 heterocycles. The second-order valence-electron chi connectivity index (χ2n) is 5.89. The standard InChI is InChI=1S/C21H28N2O2.C2H4/c1-4-17-10-12-18(13-11-17)19(7-5-6-8-21(22)25)20(23-3)14-9-16(2)15-24;1-2/h7,9-15,23H,4-6,8H2,1-3H3,(H2,22,25);1-2H2/b16-9-,19-7+,20-14-;. The van der Waals surface area contributed by atoms with Crippen LogP contribution in [0.15, 0.2) is 66.9 Å². The van der Waals surface area contributed by atoms with Gasteiger partial charge in [0.15, 0.2) is 0 Å². The van der Waals surface area contributed by atoms with Gasteiger partial charge in [0.1, 0.15) is 6.29 Å². The summed E-state index contributed by atoms with van der Waals surface area (Å²) in [6, 6.07) is 8.43. The largest absolute Gasteiger partial charge is 0.388 e. The Hall–Kier alpha value is -2.88. The monoisotopic (exact) mass is 368 g/mol. The van der Waals surface area contributed by atoms with E-state index in [1.165, 1.54) is 5.56 Å². The third-order valence-corrected chi connectivity index (χ3v) is 3.91. The molecule has 0 radical (unpaired) electrons. The first kappa shape index (κ1) is 24.1. The fourth-order valence-electron chi connectivity index (χ4n) is 2.39. The number of rotatable bonds is 10. The number of aldehydes is 1. The van der Waals surface area contributed by atoms with Gasteiger partial charge in [-0.2, -0.15) is 0 Å². The number of benzene rings is 1. The van der Waals surface area contributed by atoms with Crippen molar-refractivity contribution in [1.29, 1.82) is 0 Å². The molecule has 0 bridgehead atoms. The second-order valence-corrected chi connectivity index (χ2v) is 5.89. The van der Waals surface area contributed by atoms with Crippen molar-refractivity contribution in [2.45, 2.75) is 39.5 Å². The maximum absolute atomic E-state index is 10.9. The Morgan fingerprint density at radius 2 is 1.81 bits per heavy atom. The van der Waals surface area contributed by atoms with Crippen molar-refractivity contribution in [3.63, 3.8) is 0 Å². The third kappa shape index (κ3) is 9.40. The van der Waals surface area contributed by atoms with E-state index in [9.17, 15) is 9.59 Å². The van der Waals surface area contributed by atoms with Crippen molar-refractivity contribution < 1.29 is 9.59 Å². The number of allylic oxidation sites excluding steroid dienone is 5. The smallest absolute Gasteiger partial charge is 0.217 e. The van der Waals surface area contributed by atoms with Crippen LogP contribution in [-0.4, -0.2) is 19.2 Å². The molecule has 0 spiro atoms. The van der Waals surface area contributed by atoms with E-state index in [0.29, 0.717) is 18.4 Å². The molecule has 0 fully saturated rings. The molecule has 0 aliphatic carbocycles. The van der Waals surface area contributed by atoms with E-state index >= 15 is 0 Å². The molecule has 4 nitrogen and oxygen atoms in total. The van der Waals surface area contributed by atoms with Gasteiger partial charge in [-0.25, -0.2) is 0 Å². The minimum atomic E-state index is -0.281. The Morgan fingerprint density at radius 1 is 1.19 bits per heavy atom. The minimum Gasteiger partial charge on any atom is -0.388 e. The highest BCUT2D eigenvalue weighted by atomic mass is 16.1. The first-order chi connectivity index (χ1) is 13.0. The summed E-state index contributed by atoms with van der Waals surface area (Å²) >= 11 is 0. The summed E-state index contributed by atoms with van der Waals surface area (Å²) in [4.78, 5) is 21.7. The minimum absolute atomic E-state index is 0.281. The van der Waals surface area contributed by atoms with Crippen molar-refractivity contribution >= 4 is 17.8 Å². The van der Waals surface area contributed by atoms with Crippen LogP contribution in [0, 0.1) is 0 Å². The Labute approximate surface area is 163 Å². The first-order valence-corrected chi connectivity index (χ1v) is 9.11. The van der Waals surface area contributed by atoms with E-state index < -0.39 is 0 Å². The molecule has 3 N–H and O–H groups in total. The van der Waals surface area contributed by atoms with Crippen LogP contribution >= 0.6 is 0 Å². The summed E-state index contributed by atoms with van der Waals surface area (Å²) < 4.78 is 0. The van der Waals surface area contributed by atoms with Crippen molar-refractivity contribution in [3.05, 3.63) is 78.0 Å². The van der Waals surface area contributed by atoms with Gasteiger partial charge >= 0.3 is 0 Å². The van der Waals surface area contributed by atoms with Crippen LogP contribution in [0.4, 0.5) is 0 Å². The van der Waals surface area contributed by atoms with E-state index in [1.54, 1.807) is 13.0 Å². The lowest BCUT2D eigenvalue weighted by molar-refractivity contribution is -0.118. The summed E-state index contributed by atoms with van der Waals surface area (Å²) in [6.45, 7) is 9.89. The predicted molar refractivity (Wildman–Crippen MR) is 115 cm³/mol. The van der Waals surface area contributed by atoms with Crippen molar-refractivity contribution in [2.24, 2.45) is 5.73 Å². The summed E-state index contributed by atoms with van der Waals surface area (Å²) in [6.07, 6.45) is 9.46. The molecule has 0 aromatic heterocycles. The molecule has 4 heteroatoms. The number of carbonyl (C=O) groups excluding carboxylic acids is 2. The number of primary amides is 1. The van der Waals surface area contributed by atoms with Crippen LogP contribution in [0.5, 0.6) is 0 Å². The summed E-state index contributed by atoms with van der Waals surface area (Å²) in [5.41, 5.74) is 10.2. The number of aryl methyl sites for hydroxylation is 1. The van der Waals surface area contributed by atoms with E-state index in [0.717, 1.165) is 36.0 Å². The zero-order chi connectivity index (χ0) is 20.7. The van der Waals surface area contributed by atoms with Crippen LogP contribution in [0.25, 0.3) is 5.57 Å². The molecular weight excluding hydrogens is 336 g/mol. The van der Waals surface area contributed by atoms with E-state index in [4.69, 9.17) is 5.73 Å².